The molecule has 1 fully saturated rings. The zero-order valence-electron chi connectivity index (χ0n) is 11.5. The van der Waals surface area contributed by atoms with Crippen molar-refractivity contribution in [2.45, 2.75) is 38.3 Å². The van der Waals surface area contributed by atoms with E-state index < -0.39 is 0 Å². The second kappa shape index (κ2) is 7.13. The van der Waals surface area contributed by atoms with Crippen molar-refractivity contribution in [1.82, 2.24) is 5.32 Å². The molecule has 2 rings (SSSR count). The van der Waals surface area contributed by atoms with Gasteiger partial charge in [0.25, 0.3) is 0 Å². The number of anilines is 1. The lowest BCUT2D eigenvalue weighted by atomic mass is 10.1. The molecule has 1 heterocycles. The number of hydrogen-bond donors (Lipinski definition) is 2. The molecule has 2 N–H and O–H groups in total. The summed E-state index contributed by atoms with van der Waals surface area (Å²) in [5.74, 6) is 0. The number of halogens is 1. The van der Waals surface area contributed by atoms with Gasteiger partial charge in [-0.15, -0.1) is 0 Å². The summed E-state index contributed by atoms with van der Waals surface area (Å²) < 4.78 is 0. The molecule has 0 spiro atoms. The van der Waals surface area contributed by atoms with Gasteiger partial charge in [0.15, 0.2) is 0 Å². The number of hydrogen-bond acceptors (Lipinski definition) is 3. The summed E-state index contributed by atoms with van der Waals surface area (Å²) in [7, 11) is 1.96. The van der Waals surface area contributed by atoms with Gasteiger partial charge in [-0.25, -0.2) is 0 Å². The van der Waals surface area contributed by atoms with Crippen LogP contribution in [0.3, 0.4) is 0 Å². The average molecular weight is 283 g/mol. The standard InChI is InChI=1S/C15H23ClN2O/c1-17-11-12-10-13(16)6-7-15(12)18-8-2-4-14(18)5-3-9-19/h6-7,10,14,17,19H,2-5,8-9,11H2,1H3. The quantitative estimate of drug-likeness (QED) is 0.842. The molecule has 0 aliphatic carbocycles. The molecule has 1 aliphatic rings. The second-order valence-electron chi connectivity index (χ2n) is 5.16. The van der Waals surface area contributed by atoms with Gasteiger partial charge < -0.3 is 15.3 Å². The largest absolute Gasteiger partial charge is 0.396 e. The Morgan fingerprint density at radius 3 is 3.05 bits per heavy atom. The zero-order valence-corrected chi connectivity index (χ0v) is 12.3. The summed E-state index contributed by atoms with van der Waals surface area (Å²) >= 11 is 6.10. The van der Waals surface area contributed by atoms with Gasteiger partial charge in [-0.05, 0) is 56.5 Å². The molecule has 106 valence electrons. The van der Waals surface area contributed by atoms with Crippen LogP contribution < -0.4 is 10.2 Å². The lowest BCUT2D eigenvalue weighted by molar-refractivity contribution is 0.279. The molecule has 1 aromatic rings. The molecule has 1 saturated heterocycles. The lowest BCUT2D eigenvalue weighted by Gasteiger charge is -2.29. The van der Waals surface area contributed by atoms with Gasteiger partial charge in [0, 0.05) is 36.4 Å². The smallest absolute Gasteiger partial charge is 0.0431 e. The van der Waals surface area contributed by atoms with E-state index in [0.29, 0.717) is 6.04 Å². The number of aliphatic hydroxyl groups is 1. The highest BCUT2D eigenvalue weighted by Crippen LogP contribution is 2.32. The first-order chi connectivity index (χ1) is 9.26. The highest BCUT2D eigenvalue weighted by atomic mass is 35.5. The molecule has 0 amide bonds. The molecule has 0 saturated carbocycles. The summed E-state index contributed by atoms with van der Waals surface area (Å²) in [6.45, 7) is 2.22. The summed E-state index contributed by atoms with van der Waals surface area (Å²) in [5, 5.41) is 13.0. The third kappa shape index (κ3) is 3.62. The van der Waals surface area contributed by atoms with Gasteiger partial charge in [-0.2, -0.15) is 0 Å². The van der Waals surface area contributed by atoms with Crippen molar-refractivity contribution in [3.8, 4) is 0 Å². The van der Waals surface area contributed by atoms with Gasteiger partial charge in [-0.3, -0.25) is 0 Å². The van der Waals surface area contributed by atoms with Crippen LogP contribution >= 0.6 is 11.6 Å². The van der Waals surface area contributed by atoms with Crippen LogP contribution in [0.15, 0.2) is 18.2 Å². The fourth-order valence-corrected chi connectivity index (χ4v) is 3.14. The number of aliphatic hydroxyl groups excluding tert-OH is 1. The molecule has 19 heavy (non-hydrogen) atoms. The third-order valence-electron chi connectivity index (χ3n) is 3.79. The topological polar surface area (TPSA) is 35.5 Å². The Kier molecular flexibility index (Phi) is 5.49. The summed E-state index contributed by atoms with van der Waals surface area (Å²) in [6, 6.07) is 6.71. The third-order valence-corrected chi connectivity index (χ3v) is 4.03. The first-order valence-electron chi connectivity index (χ1n) is 7.06. The number of rotatable bonds is 6. The minimum Gasteiger partial charge on any atom is -0.396 e. The van der Waals surface area contributed by atoms with E-state index in [1.54, 1.807) is 0 Å². The maximum atomic E-state index is 9.01. The molecule has 0 radical (unpaired) electrons. The Hall–Kier alpha value is -0.770. The van der Waals surface area contributed by atoms with Crippen LogP contribution in [0, 0.1) is 0 Å². The molecule has 1 unspecified atom stereocenters. The first kappa shape index (κ1) is 14.6. The van der Waals surface area contributed by atoms with Crippen molar-refractivity contribution < 1.29 is 5.11 Å². The van der Waals surface area contributed by atoms with Gasteiger partial charge in [-0.1, -0.05) is 11.6 Å². The van der Waals surface area contributed by atoms with Crippen LogP contribution in [-0.4, -0.2) is 31.3 Å². The molecular formula is C15H23ClN2O. The van der Waals surface area contributed by atoms with Gasteiger partial charge in [0.1, 0.15) is 0 Å². The predicted molar refractivity (Wildman–Crippen MR) is 80.9 cm³/mol. The molecule has 1 atom stereocenters. The van der Waals surface area contributed by atoms with E-state index >= 15 is 0 Å². The minimum absolute atomic E-state index is 0.286. The normalized spacial score (nSPS) is 19.1. The first-order valence-corrected chi connectivity index (χ1v) is 7.44. The minimum atomic E-state index is 0.286. The Morgan fingerprint density at radius 1 is 1.47 bits per heavy atom. The van der Waals surface area contributed by atoms with Crippen molar-refractivity contribution in [2.24, 2.45) is 0 Å². The molecule has 0 aromatic heterocycles. The van der Waals surface area contributed by atoms with Crippen LogP contribution in [0.4, 0.5) is 5.69 Å². The molecule has 3 nitrogen and oxygen atoms in total. The number of nitrogens with one attached hydrogen (secondary N) is 1. The summed E-state index contributed by atoms with van der Waals surface area (Å²) in [6.07, 6.45) is 4.41. The van der Waals surface area contributed by atoms with Crippen molar-refractivity contribution in [3.05, 3.63) is 28.8 Å². The Morgan fingerprint density at radius 2 is 2.32 bits per heavy atom. The van der Waals surface area contributed by atoms with Crippen LogP contribution in [-0.2, 0) is 6.54 Å². The Balaban J connectivity index is 2.19. The van der Waals surface area contributed by atoms with Gasteiger partial charge in [0.05, 0.1) is 0 Å². The number of nitrogens with zero attached hydrogens (tertiary/aromatic N) is 1. The summed E-state index contributed by atoms with van der Waals surface area (Å²) in [5.41, 5.74) is 2.55. The van der Waals surface area contributed by atoms with E-state index in [1.165, 1.54) is 24.1 Å². The van der Waals surface area contributed by atoms with E-state index in [2.05, 4.69) is 22.3 Å². The van der Waals surface area contributed by atoms with Gasteiger partial charge in [0.2, 0.25) is 0 Å². The van der Waals surface area contributed by atoms with Crippen LogP contribution in [0.25, 0.3) is 0 Å². The van der Waals surface area contributed by atoms with Crippen molar-refractivity contribution in [3.63, 3.8) is 0 Å². The van der Waals surface area contributed by atoms with E-state index in [1.807, 2.05) is 13.1 Å². The average Bonchev–Trinajstić information content (AvgIpc) is 2.85. The van der Waals surface area contributed by atoms with E-state index in [4.69, 9.17) is 16.7 Å². The summed E-state index contributed by atoms with van der Waals surface area (Å²) in [4.78, 5) is 2.48. The monoisotopic (exact) mass is 282 g/mol. The molecule has 0 bridgehead atoms. The highest BCUT2D eigenvalue weighted by Gasteiger charge is 2.25. The maximum Gasteiger partial charge on any atom is 0.0431 e. The molecule has 1 aliphatic heterocycles. The fourth-order valence-electron chi connectivity index (χ4n) is 2.95. The van der Waals surface area contributed by atoms with Crippen molar-refractivity contribution in [2.75, 3.05) is 25.1 Å². The van der Waals surface area contributed by atoms with Crippen LogP contribution in [0.2, 0.25) is 5.02 Å². The van der Waals surface area contributed by atoms with Crippen LogP contribution in [0.5, 0.6) is 0 Å². The maximum absolute atomic E-state index is 9.01. The van der Waals surface area contributed by atoms with E-state index in [9.17, 15) is 0 Å². The Labute approximate surface area is 120 Å². The zero-order chi connectivity index (χ0) is 13.7. The predicted octanol–water partition coefficient (Wildman–Crippen LogP) is 2.80. The van der Waals surface area contributed by atoms with E-state index in [-0.39, 0.29) is 6.61 Å². The second-order valence-corrected chi connectivity index (χ2v) is 5.60. The van der Waals surface area contributed by atoms with Gasteiger partial charge >= 0.3 is 0 Å². The van der Waals surface area contributed by atoms with Crippen molar-refractivity contribution >= 4 is 17.3 Å². The van der Waals surface area contributed by atoms with Crippen molar-refractivity contribution in [1.29, 1.82) is 0 Å². The number of benzene rings is 1. The van der Waals surface area contributed by atoms with Crippen LogP contribution in [0.1, 0.15) is 31.2 Å². The van der Waals surface area contributed by atoms with E-state index in [0.717, 1.165) is 31.0 Å². The molecule has 4 heteroatoms. The molecule has 1 aromatic carbocycles. The highest BCUT2D eigenvalue weighted by molar-refractivity contribution is 6.30. The fraction of sp³-hybridized carbons (Fsp3) is 0.600. The SMILES string of the molecule is CNCc1cc(Cl)ccc1N1CCCC1CCCO. The lowest BCUT2D eigenvalue weighted by Crippen LogP contribution is -2.30. The Bertz CT molecular complexity index is 411. The molecular weight excluding hydrogens is 260 g/mol.